The molecule has 0 N–H and O–H groups in total. The van der Waals surface area contributed by atoms with Crippen molar-refractivity contribution < 1.29 is 4.42 Å². The second-order valence-electron chi connectivity index (χ2n) is 25.4. The van der Waals surface area contributed by atoms with Gasteiger partial charge in [-0.15, -0.1) is 0 Å². The molecule has 5 heteroatoms. The third kappa shape index (κ3) is 7.36. The molecule has 10 aromatic carbocycles. The van der Waals surface area contributed by atoms with Gasteiger partial charge in [0.05, 0.1) is 0 Å². The minimum absolute atomic E-state index is 0.111. The zero-order valence-electron chi connectivity index (χ0n) is 45.0. The Labute approximate surface area is 436 Å². The molecule has 13 rings (SSSR count). The molecular formula is C69H64BN3O. The molecule has 0 atom stereocenters. The lowest BCUT2D eigenvalue weighted by molar-refractivity contribution is 0.568. The molecule has 4 nitrogen and oxygen atoms in total. The van der Waals surface area contributed by atoms with Crippen molar-refractivity contribution in [1.82, 2.24) is 4.98 Å². The number of anilines is 6. The van der Waals surface area contributed by atoms with Gasteiger partial charge in [0.1, 0.15) is 5.52 Å². The Hall–Kier alpha value is -7.63. The summed E-state index contributed by atoms with van der Waals surface area (Å²) in [6.45, 7) is 28.0. The van der Waals surface area contributed by atoms with Crippen molar-refractivity contribution in [3.8, 4) is 11.5 Å². The molecule has 0 spiro atoms. The topological polar surface area (TPSA) is 32.5 Å². The van der Waals surface area contributed by atoms with Crippen molar-refractivity contribution in [3.05, 3.63) is 192 Å². The van der Waals surface area contributed by atoms with E-state index in [1.807, 2.05) is 18.2 Å². The van der Waals surface area contributed by atoms with Gasteiger partial charge in [0, 0.05) is 39.7 Å². The van der Waals surface area contributed by atoms with Gasteiger partial charge in [-0.1, -0.05) is 192 Å². The Morgan fingerprint density at radius 3 is 1.22 bits per heavy atom. The number of oxazole rings is 1. The van der Waals surface area contributed by atoms with E-state index < -0.39 is 0 Å². The normalized spacial score (nSPS) is 13.9. The molecule has 0 unspecified atom stereocenters. The standard InChI is InChI=1S/C69H64BN3O/c1-66(2,3)46-33-47(67(4,5)6)36-50(35-46)72-59-39-54-43(27-25-41-19-13-15-21-52(41)54)29-56(59)70-57-30-44-28-26-42-20-14-16-22-53(42)55(44)40-60(57)73(51-37-48(68(7,8)9)34-49(38-51)69(10,11)12)62-32-45(31-61(72)64(62)70)65-71-58-23-17-18-24-63(58)74-65/h13-40H,1-12H3. The maximum atomic E-state index is 6.83. The summed E-state index contributed by atoms with van der Waals surface area (Å²) in [5.41, 5.74) is 18.1. The van der Waals surface area contributed by atoms with Gasteiger partial charge in [-0.3, -0.25) is 0 Å². The Kier molecular flexibility index (Phi) is 9.95. The van der Waals surface area contributed by atoms with Gasteiger partial charge in [0.25, 0.3) is 6.71 Å². The number of hydrogen-bond donors (Lipinski definition) is 0. The second-order valence-corrected chi connectivity index (χ2v) is 25.4. The Morgan fingerprint density at radius 2 is 0.784 bits per heavy atom. The molecule has 0 radical (unpaired) electrons. The van der Waals surface area contributed by atoms with Gasteiger partial charge in [-0.05, 0) is 164 Å². The first-order chi connectivity index (χ1) is 35.2. The van der Waals surface area contributed by atoms with Crippen LogP contribution in [0.25, 0.3) is 65.6 Å². The minimum Gasteiger partial charge on any atom is -0.436 e. The van der Waals surface area contributed by atoms with E-state index in [1.54, 1.807) is 0 Å². The molecule has 11 aromatic rings. The van der Waals surface area contributed by atoms with Gasteiger partial charge < -0.3 is 14.2 Å². The Bertz CT molecular complexity index is 3830. The van der Waals surface area contributed by atoms with Crippen molar-refractivity contribution in [1.29, 1.82) is 0 Å². The van der Waals surface area contributed by atoms with Crippen LogP contribution in [0.3, 0.4) is 0 Å². The monoisotopic (exact) mass is 962 g/mol. The number of fused-ring (bicyclic) bond motifs is 11. The molecule has 0 fully saturated rings. The van der Waals surface area contributed by atoms with Crippen LogP contribution in [0.2, 0.25) is 0 Å². The highest BCUT2D eigenvalue weighted by atomic mass is 16.3. The first-order valence-corrected chi connectivity index (χ1v) is 26.5. The molecule has 2 aliphatic rings. The van der Waals surface area contributed by atoms with Crippen molar-refractivity contribution >= 4 is 111 Å². The molecule has 0 saturated heterocycles. The summed E-state index contributed by atoms with van der Waals surface area (Å²) >= 11 is 0. The highest BCUT2D eigenvalue weighted by molar-refractivity contribution is 7.00. The fourth-order valence-corrected chi connectivity index (χ4v) is 11.9. The van der Waals surface area contributed by atoms with Crippen molar-refractivity contribution in [3.63, 3.8) is 0 Å². The molecule has 3 heterocycles. The van der Waals surface area contributed by atoms with Crippen molar-refractivity contribution in [2.45, 2.75) is 105 Å². The summed E-state index contributed by atoms with van der Waals surface area (Å²) < 4.78 is 6.83. The lowest BCUT2D eigenvalue weighted by atomic mass is 9.33. The van der Waals surface area contributed by atoms with Crippen LogP contribution in [0.15, 0.2) is 174 Å². The van der Waals surface area contributed by atoms with Crippen LogP contribution >= 0.6 is 0 Å². The Morgan fingerprint density at radius 1 is 0.378 bits per heavy atom. The molecule has 0 aliphatic carbocycles. The Balaban J connectivity index is 1.23. The van der Waals surface area contributed by atoms with E-state index in [2.05, 4.69) is 245 Å². The van der Waals surface area contributed by atoms with Crippen LogP contribution in [-0.2, 0) is 21.7 Å². The second kappa shape index (κ2) is 15.9. The van der Waals surface area contributed by atoms with E-state index in [1.165, 1.54) is 93.1 Å². The van der Waals surface area contributed by atoms with Crippen molar-refractivity contribution in [2.75, 3.05) is 9.80 Å². The van der Waals surface area contributed by atoms with E-state index in [9.17, 15) is 0 Å². The number of nitrogens with zero attached hydrogens (tertiary/aromatic N) is 3. The summed E-state index contributed by atoms with van der Waals surface area (Å²) in [4.78, 5) is 10.5. The van der Waals surface area contributed by atoms with Gasteiger partial charge >= 0.3 is 0 Å². The average molecular weight is 962 g/mol. The first kappa shape index (κ1) is 46.2. The van der Waals surface area contributed by atoms with E-state index in [4.69, 9.17) is 9.40 Å². The summed E-state index contributed by atoms with van der Waals surface area (Å²) in [6.07, 6.45) is 0. The zero-order chi connectivity index (χ0) is 51.4. The van der Waals surface area contributed by atoms with Gasteiger partial charge in [-0.2, -0.15) is 0 Å². The fraction of sp³-hybridized carbons (Fsp3) is 0.232. The van der Waals surface area contributed by atoms with Crippen LogP contribution < -0.4 is 26.2 Å². The van der Waals surface area contributed by atoms with E-state index in [-0.39, 0.29) is 28.4 Å². The smallest absolute Gasteiger partial charge is 0.252 e. The van der Waals surface area contributed by atoms with E-state index >= 15 is 0 Å². The molecular weight excluding hydrogens is 898 g/mol. The minimum atomic E-state index is -0.123. The van der Waals surface area contributed by atoms with Crippen molar-refractivity contribution in [2.24, 2.45) is 0 Å². The van der Waals surface area contributed by atoms with E-state index in [0.29, 0.717) is 5.89 Å². The molecule has 1 aromatic heterocycles. The van der Waals surface area contributed by atoms with Crippen LogP contribution in [0, 0.1) is 0 Å². The highest BCUT2D eigenvalue weighted by Crippen LogP contribution is 2.50. The predicted octanol–water partition coefficient (Wildman–Crippen LogP) is 17.4. The predicted molar refractivity (Wildman–Crippen MR) is 318 cm³/mol. The highest BCUT2D eigenvalue weighted by Gasteiger charge is 2.45. The largest absolute Gasteiger partial charge is 0.436 e. The van der Waals surface area contributed by atoms with Gasteiger partial charge in [0.2, 0.25) is 5.89 Å². The fourth-order valence-electron chi connectivity index (χ4n) is 11.9. The molecule has 364 valence electrons. The lowest BCUT2D eigenvalue weighted by Gasteiger charge is -2.45. The molecule has 2 aliphatic heterocycles. The maximum Gasteiger partial charge on any atom is 0.252 e. The molecule has 0 amide bonds. The quantitative estimate of drug-likeness (QED) is 0.130. The zero-order valence-corrected chi connectivity index (χ0v) is 45.0. The average Bonchev–Trinajstić information content (AvgIpc) is 3.81. The number of hydrogen-bond acceptors (Lipinski definition) is 4. The van der Waals surface area contributed by atoms with Crippen LogP contribution in [0.4, 0.5) is 34.1 Å². The summed E-state index contributed by atoms with van der Waals surface area (Å²) in [5, 5.41) is 9.92. The number of benzene rings is 10. The van der Waals surface area contributed by atoms with Crippen LogP contribution in [0.5, 0.6) is 0 Å². The van der Waals surface area contributed by atoms with Gasteiger partial charge in [-0.25, -0.2) is 4.98 Å². The molecule has 0 bridgehead atoms. The van der Waals surface area contributed by atoms with E-state index in [0.717, 1.165) is 39.4 Å². The summed E-state index contributed by atoms with van der Waals surface area (Å²) in [5.74, 6) is 0.602. The summed E-state index contributed by atoms with van der Waals surface area (Å²) in [6, 6.07) is 64.7. The van der Waals surface area contributed by atoms with Crippen LogP contribution in [0.1, 0.15) is 105 Å². The third-order valence-electron chi connectivity index (χ3n) is 16.2. The SMILES string of the molecule is CC(C)(C)c1cc(N2c3cc4c(ccc5ccccc54)cc3B3c4cc5ccc6ccccc6c5cc4N(c4cc(C(C)(C)C)cc(C(C)(C)C)c4)c4cc(-c5nc6ccccc6o5)cc2c43)cc(C(C)(C)C)c1. The number of para-hydroxylation sites is 2. The number of rotatable bonds is 3. The molecule has 0 saturated carbocycles. The lowest BCUT2D eigenvalue weighted by Crippen LogP contribution is -2.61. The first-order valence-electron chi connectivity index (χ1n) is 26.5. The maximum absolute atomic E-state index is 6.83. The third-order valence-corrected chi connectivity index (χ3v) is 16.2. The molecule has 74 heavy (non-hydrogen) atoms. The van der Waals surface area contributed by atoms with Crippen LogP contribution in [-0.4, -0.2) is 11.7 Å². The summed E-state index contributed by atoms with van der Waals surface area (Å²) in [7, 11) is 0. The van der Waals surface area contributed by atoms with Gasteiger partial charge in [0.15, 0.2) is 5.58 Å². The number of aromatic nitrogens is 1.